The second kappa shape index (κ2) is 6.18. The lowest BCUT2D eigenvalue weighted by atomic mass is 9.98. The highest BCUT2D eigenvalue weighted by Crippen LogP contribution is 2.26. The second-order valence-electron chi connectivity index (χ2n) is 6.46. The first-order chi connectivity index (χ1) is 10.1. The lowest BCUT2D eigenvalue weighted by molar-refractivity contribution is -0.137. The summed E-state index contributed by atoms with van der Waals surface area (Å²) in [7, 11) is 0. The van der Waals surface area contributed by atoms with Crippen LogP contribution in [-0.4, -0.2) is 35.4 Å². The van der Waals surface area contributed by atoms with Gasteiger partial charge in [0.1, 0.15) is 11.5 Å². The van der Waals surface area contributed by atoms with Crippen LogP contribution in [0, 0.1) is 5.92 Å². The molecule has 1 atom stereocenters. The molecule has 1 saturated heterocycles. The van der Waals surface area contributed by atoms with Crippen molar-refractivity contribution in [3.05, 3.63) is 17.3 Å². The molecular formula is C16H25N3O2. The fraction of sp³-hybridized carbons (Fsp3) is 0.750. The van der Waals surface area contributed by atoms with Crippen LogP contribution in [-0.2, 0) is 17.8 Å². The molecule has 0 aliphatic carbocycles. The maximum Gasteiger partial charge on any atom is 0.226 e. The Hall–Kier alpha value is -1.36. The van der Waals surface area contributed by atoms with Crippen molar-refractivity contribution in [2.45, 2.75) is 52.0 Å². The van der Waals surface area contributed by atoms with Crippen LogP contribution in [0.2, 0.25) is 0 Å². The van der Waals surface area contributed by atoms with Crippen molar-refractivity contribution in [2.24, 2.45) is 5.92 Å². The Bertz CT molecular complexity index is 502. The summed E-state index contributed by atoms with van der Waals surface area (Å²) in [5.74, 6) is 2.56. The van der Waals surface area contributed by atoms with Gasteiger partial charge in [0.25, 0.3) is 0 Å². The fourth-order valence-corrected chi connectivity index (χ4v) is 3.18. The summed E-state index contributed by atoms with van der Waals surface area (Å²) in [6.45, 7) is 7.54. The van der Waals surface area contributed by atoms with Crippen molar-refractivity contribution < 1.29 is 9.21 Å². The molecule has 2 aliphatic rings. The quantitative estimate of drug-likeness (QED) is 0.906. The summed E-state index contributed by atoms with van der Waals surface area (Å²) in [5.41, 5.74) is 0.963. The van der Waals surface area contributed by atoms with Crippen molar-refractivity contribution in [1.82, 2.24) is 15.2 Å². The van der Waals surface area contributed by atoms with Gasteiger partial charge in [-0.2, -0.15) is 0 Å². The van der Waals surface area contributed by atoms with Crippen LogP contribution in [0.3, 0.4) is 0 Å². The molecule has 1 N–H and O–H groups in total. The molecule has 1 amide bonds. The third-order valence-corrected chi connectivity index (χ3v) is 4.47. The number of hydrogen-bond donors (Lipinski definition) is 1. The number of carbonyl (C=O) groups excluding carboxylic acids is 1. The van der Waals surface area contributed by atoms with Crippen LogP contribution in [0.25, 0.3) is 0 Å². The topological polar surface area (TPSA) is 58.4 Å². The molecule has 3 heterocycles. The highest BCUT2D eigenvalue weighted by atomic mass is 16.4. The average molecular weight is 291 g/mol. The lowest BCUT2D eigenvalue weighted by Crippen LogP contribution is -2.40. The first-order valence-electron chi connectivity index (χ1n) is 8.13. The maximum absolute atomic E-state index is 12.7. The van der Waals surface area contributed by atoms with Crippen LogP contribution >= 0.6 is 0 Å². The predicted octanol–water partition coefficient (Wildman–Crippen LogP) is 2.07. The number of carbonyl (C=O) groups is 1. The molecule has 3 rings (SSSR count). The van der Waals surface area contributed by atoms with E-state index < -0.39 is 0 Å². The molecule has 116 valence electrons. The molecule has 1 aromatic rings. The largest absolute Gasteiger partial charge is 0.445 e. The Morgan fingerprint density at radius 3 is 3.05 bits per heavy atom. The van der Waals surface area contributed by atoms with Crippen molar-refractivity contribution in [3.63, 3.8) is 0 Å². The van der Waals surface area contributed by atoms with Gasteiger partial charge in [0, 0.05) is 24.8 Å². The first kappa shape index (κ1) is 14.6. The minimum absolute atomic E-state index is 0.179. The van der Waals surface area contributed by atoms with Gasteiger partial charge < -0.3 is 14.6 Å². The summed E-state index contributed by atoms with van der Waals surface area (Å²) < 4.78 is 5.80. The molecular weight excluding hydrogens is 266 g/mol. The van der Waals surface area contributed by atoms with Crippen LogP contribution < -0.4 is 5.32 Å². The van der Waals surface area contributed by atoms with E-state index in [-0.39, 0.29) is 5.92 Å². The van der Waals surface area contributed by atoms with Crippen molar-refractivity contribution in [2.75, 3.05) is 19.6 Å². The second-order valence-corrected chi connectivity index (χ2v) is 6.46. The normalized spacial score (nSPS) is 23.0. The fourth-order valence-electron chi connectivity index (χ4n) is 3.18. The van der Waals surface area contributed by atoms with E-state index in [0.717, 1.165) is 62.7 Å². The van der Waals surface area contributed by atoms with Crippen LogP contribution in [0.15, 0.2) is 4.42 Å². The third-order valence-electron chi connectivity index (χ3n) is 4.47. The summed E-state index contributed by atoms with van der Waals surface area (Å²) in [4.78, 5) is 19.2. The molecule has 0 bridgehead atoms. The maximum atomic E-state index is 12.7. The first-order valence-corrected chi connectivity index (χ1v) is 8.13. The van der Waals surface area contributed by atoms with Gasteiger partial charge in [0.15, 0.2) is 5.89 Å². The zero-order chi connectivity index (χ0) is 14.8. The molecule has 1 unspecified atom stereocenters. The lowest BCUT2D eigenvalue weighted by Gasteiger charge is -2.28. The standard InChI is InChI=1S/C16H25N3O2/c1-11(2)15-18-13-10-19(9-6-14(13)21-15)16(20)12-4-3-7-17-8-5-12/h11-12,17H,3-10H2,1-2H3. The molecule has 5 nitrogen and oxygen atoms in total. The van der Waals surface area contributed by atoms with Crippen molar-refractivity contribution >= 4 is 5.91 Å². The Labute approximate surface area is 126 Å². The number of oxazole rings is 1. The molecule has 0 radical (unpaired) electrons. The molecule has 2 aliphatic heterocycles. The number of nitrogens with one attached hydrogen (secondary N) is 1. The zero-order valence-corrected chi connectivity index (χ0v) is 13.0. The van der Waals surface area contributed by atoms with E-state index in [1.807, 2.05) is 4.90 Å². The Morgan fingerprint density at radius 1 is 1.38 bits per heavy atom. The number of aromatic nitrogens is 1. The SMILES string of the molecule is CC(C)c1nc2c(o1)CCN(C(=O)C1CCCNCC1)C2. The van der Waals surface area contributed by atoms with E-state index in [9.17, 15) is 4.79 Å². The van der Waals surface area contributed by atoms with Gasteiger partial charge >= 0.3 is 0 Å². The van der Waals surface area contributed by atoms with Gasteiger partial charge in [0.05, 0.1) is 6.54 Å². The van der Waals surface area contributed by atoms with Crippen molar-refractivity contribution in [3.8, 4) is 0 Å². The van der Waals surface area contributed by atoms with Crippen LogP contribution in [0.1, 0.15) is 56.4 Å². The molecule has 0 spiro atoms. The summed E-state index contributed by atoms with van der Waals surface area (Å²) in [6, 6.07) is 0. The Kier molecular flexibility index (Phi) is 4.29. The summed E-state index contributed by atoms with van der Waals surface area (Å²) in [6.07, 6.45) is 3.85. The van der Waals surface area contributed by atoms with E-state index in [4.69, 9.17) is 4.42 Å². The van der Waals surface area contributed by atoms with E-state index in [0.29, 0.717) is 18.4 Å². The van der Waals surface area contributed by atoms with Gasteiger partial charge in [-0.05, 0) is 32.4 Å². The number of nitrogens with zero attached hydrogens (tertiary/aromatic N) is 2. The molecule has 1 aromatic heterocycles. The van der Waals surface area contributed by atoms with Crippen LogP contribution in [0.4, 0.5) is 0 Å². The highest BCUT2D eigenvalue weighted by Gasteiger charge is 2.30. The van der Waals surface area contributed by atoms with E-state index in [1.54, 1.807) is 0 Å². The van der Waals surface area contributed by atoms with E-state index >= 15 is 0 Å². The third kappa shape index (κ3) is 3.12. The van der Waals surface area contributed by atoms with Gasteiger partial charge in [-0.3, -0.25) is 4.79 Å². The predicted molar refractivity (Wildman–Crippen MR) is 79.9 cm³/mol. The number of fused-ring (bicyclic) bond motifs is 1. The van der Waals surface area contributed by atoms with Gasteiger partial charge in [-0.1, -0.05) is 13.8 Å². The van der Waals surface area contributed by atoms with E-state index in [2.05, 4.69) is 24.1 Å². The Balaban J connectivity index is 1.68. The smallest absolute Gasteiger partial charge is 0.226 e. The Morgan fingerprint density at radius 2 is 2.24 bits per heavy atom. The number of hydrogen-bond acceptors (Lipinski definition) is 4. The monoisotopic (exact) mass is 291 g/mol. The molecule has 5 heteroatoms. The molecule has 21 heavy (non-hydrogen) atoms. The molecule has 0 saturated carbocycles. The average Bonchev–Trinajstić information content (AvgIpc) is 2.72. The van der Waals surface area contributed by atoms with Gasteiger partial charge in [-0.15, -0.1) is 0 Å². The number of amides is 1. The minimum atomic E-state index is 0.179. The van der Waals surface area contributed by atoms with E-state index in [1.165, 1.54) is 0 Å². The molecule has 1 fully saturated rings. The number of rotatable bonds is 2. The summed E-state index contributed by atoms with van der Waals surface area (Å²) >= 11 is 0. The van der Waals surface area contributed by atoms with Crippen molar-refractivity contribution in [1.29, 1.82) is 0 Å². The van der Waals surface area contributed by atoms with Gasteiger partial charge in [-0.25, -0.2) is 4.98 Å². The zero-order valence-electron chi connectivity index (χ0n) is 13.0. The molecule has 0 aromatic carbocycles. The van der Waals surface area contributed by atoms with Crippen LogP contribution in [0.5, 0.6) is 0 Å². The highest BCUT2D eigenvalue weighted by molar-refractivity contribution is 5.79. The minimum Gasteiger partial charge on any atom is -0.445 e. The summed E-state index contributed by atoms with van der Waals surface area (Å²) in [5, 5.41) is 3.37. The van der Waals surface area contributed by atoms with Gasteiger partial charge in [0.2, 0.25) is 5.91 Å².